The van der Waals surface area contributed by atoms with Gasteiger partial charge in [-0.05, 0) is 45.0 Å². The van der Waals surface area contributed by atoms with Crippen molar-refractivity contribution < 1.29 is 18.7 Å². The number of rotatable bonds is 9. The number of fused-ring (bicyclic) bond motifs is 1. The fourth-order valence-corrected chi connectivity index (χ4v) is 3.16. The zero-order valence-electron chi connectivity index (χ0n) is 16.7. The van der Waals surface area contributed by atoms with E-state index in [-0.39, 0.29) is 37.0 Å². The average Bonchev–Trinajstić information content (AvgIpc) is 2.64. The fraction of sp³-hybridized carbons (Fsp3) is 0.500. The molecule has 1 aromatic heterocycles. The lowest BCUT2D eigenvalue weighted by molar-refractivity contribution is -0.145. The van der Waals surface area contributed by atoms with Gasteiger partial charge in [0.05, 0.1) is 11.6 Å². The molecule has 0 saturated heterocycles. The molecule has 0 atom stereocenters. The zero-order valence-corrected chi connectivity index (χ0v) is 18.2. The van der Waals surface area contributed by atoms with E-state index in [4.69, 9.17) is 25.5 Å². The number of aryl methyl sites for hydroxylation is 1. The average molecular weight is 432 g/mol. The van der Waals surface area contributed by atoms with Crippen molar-refractivity contribution in [1.82, 2.24) is 4.90 Å². The topological polar surface area (TPSA) is 69.0 Å². The van der Waals surface area contributed by atoms with Gasteiger partial charge in [-0.1, -0.05) is 25.4 Å². The van der Waals surface area contributed by atoms with Crippen LogP contribution in [0.2, 0.25) is 5.02 Å². The third-order valence-electron chi connectivity index (χ3n) is 4.56. The summed E-state index contributed by atoms with van der Waals surface area (Å²) in [5, 5.41) is 1.11. The van der Waals surface area contributed by atoms with E-state index in [9.17, 15) is 9.59 Å². The Balaban J connectivity index is 0.00000392. The summed E-state index contributed by atoms with van der Waals surface area (Å²) >= 11 is 6.30. The van der Waals surface area contributed by atoms with Crippen LogP contribution in [0.5, 0.6) is 5.75 Å². The molecule has 156 valence electrons. The van der Waals surface area contributed by atoms with Crippen LogP contribution in [-0.4, -0.2) is 43.7 Å². The first-order valence-electron chi connectivity index (χ1n) is 9.17. The summed E-state index contributed by atoms with van der Waals surface area (Å²) < 4.78 is 15.7. The van der Waals surface area contributed by atoms with Gasteiger partial charge in [0.1, 0.15) is 11.3 Å². The van der Waals surface area contributed by atoms with E-state index in [2.05, 4.69) is 18.7 Å². The summed E-state index contributed by atoms with van der Waals surface area (Å²) in [6.07, 6.45) is 0.616. The highest BCUT2D eigenvalue weighted by atomic mass is 35.5. The number of hydrogen-bond acceptors (Lipinski definition) is 6. The molecule has 8 heteroatoms. The first-order valence-corrected chi connectivity index (χ1v) is 9.55. The third-order valence-corrected chi connectivity index (χ3v) is 4.86. The largest absolute Gasteiger partial charge is 0.480 e. The van der Waals surface area contributed by atoms with Crippen molar-refractivity contribution in [3.8, 4) is 5.75 Å². The fourth-order valence-electron chi connectivity index (χ4n) is 2.94. The van der Waals surface area contributed by atoms with Gasteiger partial charge in [-0.25, -0.2) is 9.59 Å². The lowest BCUT2D eigenvalue weighted by atomic mass is 10.0. The van der Waals surface area contributed by atoms with E-state index in [1.54, 1.807) is 19.1 Å². The van der Waals surface area contributed by atoms with Crippen molar-refractivity contribution in [1.29, 1.82) is 0 Å². The van der Waals surface area contributed by atoms with Crippen LogP contribution < -0.4 is 10.4 Å². The van der Waals surface area contributed by atoms with E-state index in [1.165, 1.54) is 0 Å². The van der Waals surface area contributed by atoms with Gasteiger partial charge in [0.2, 0.25) is 0 Å². The van der Waals surface area contributed by atoms with Gasteiger partial charge in [0, 0.05) is 23.6 Å². The second-order valence-electron chi connectivity index (χ2n) is 6.14. The Morgan fingerprint density at radius 1 is 1.21 bits per heavy atom. The molecular weight excluding hydrogens is 405 g/mol. The molecule has 0 aliphatic rings. The Bertz CT molecular complexity index is 862. The van der Waals surface area contributed by atoms with Crippen LogP contribution in [-0.2, 0) is 16.0 Å². The van der Waals surface area contributed by atoms with Crippen molar-refractivity contribution in [3.63, 3.8) is 0 Å². The normalized spacial score (nSPS) is 10.8. The number of ether oxygens (including phenoxy) is 2. The van der Waals surface area contributed by atoms with Crippen LogP contribution in [0.1, 0.15) is 31.9 Å². The maximum atomic E-state index is 12.5. The quantitative estimate of drug-likeness (QED) is 0.441. The Labute approximate surface area is 176 Å². The minimum atomic E-state index is -0.488. The molecular formula is C20H27Cl2NO5. The molecule has 2 rings (SSSR count). The minimum Gasteiger partial charge on any atom is -0.480 e. The molecule has 1 aromatic carbocycles. The molecule has 0 N–H and O–H groups in total. The van der Waals surface area contributed by atoms with Crippen molar-refractivity contribution in [2.45, 2.75) is 34.1 Å². The highest BCUT2D eigenvalue weighted by Crippen LogP contribution is 2.32. The van der Waals surface area contributed by atoms with E-state index < -0.39 is 5.97 Å². The zero-order chi connectivity index (χ0) is 20.0. The van der Waals surface area contributed by atoms with E-state index >= 15 is 0 Å². The number of halogens is 2. The first-order chi connectivity index (χ1) is 12.9. The molecule has 0 saturated carbocycles. The summed E-state index contributed by atoms with van der Waals surface area (Å²) in [6, 6.07) is 3.25. The van der Waals surface area contributed by atoms with E-state index in [0.29, 0.717) is 22.6 Å². The Kier molecular flexibility index (Phi) is 9.79. The Morgan fingerprint density at radius 3 is 2.50 bits per heavy atom. The molecule has 0 unspecified atom stereocenters. The lowest BCUT2D eigenvalue weighted by Gasteiger charge is -2.18. The molecule has 2 aromatic rings. The van der Waals surface area contributed by atoms with Gasteiger partial charge < -0.3 is 18.8 Å². The summed E-state index contributed by atoms with van der Waals surface area (Å²) in [4.78, 5) is 26.2. The van der Waals surface area contributed by atoms with E-state index in [1.807, 2.05) is 6.92 Å². The van der Waals surface area contributed by atoms with Gasteiger partial charge in [-0.2, -0.15) is 0 Å². The Morgan fingerprint density at radius 2 is 1.89 bits per heavy atom. The summed E-state index contributed by atoms with van der Waals surface area (Å²) in [7, 11) is 0. The summed E-state index contributed by atoms with van der Waals surface area (Å²) in [5.74, 6) is -0.214. The maximum Gasteiger partial charge on any atom is 0.344 e. The van der Waals surface area contributed by atoms with Crippen LogP contribution in [0.15, 0.2) is 21.3 Å². The van der Waals surface area contributed by atoms with Crippen LogP contribution >= 0.6 is 24.0 Å². The molecule has 1 heterocycles. The van der Waals surface area contributed by atoms with Gasteiger partial charge in [0.15, 0.2) is 6.61 Å². The molecule has 0 aliphatic heterocycles. The van der Waals surface area contributed by atoms with Gasteiger partial charge in [-0.15, -0.1) is 12.4 Å². The van der Waals surface area contributed by atoms with Crippen molar-refractivity contribution in [2.75, 3.05) is 32.8 Å². The Hall–Kier alpha value is -1.76. The van der Waals surface area contributed by atoms with Gasteiger partial charge in [-0.3, -0.25) is 0 Å². The highest BCUT2D eigenvalue weighted by molar-refractivity contribution is 6.32. The molecule has 28 heavy (non-hydrogen) atoms. The second-order valence-corrected chi connectivity index (χ2v) is 6.55. The van der Waals surface area contributed by atoms with E-state index in [0.717, 1.165) is 30.6 Å². The number of carbonyl (C=O) groups is 1. The van der Waals surface area contributed by atoms with Crippen LogP contribution in [0.4, 0.5) is 0 Å². The number of nitrogens with zero attached hydrogens (tertiary/aromatic N) is 1. The molecule has 0 amide bonds. The number of likely N-dealkylation sites (N-methyl/N-ethyl adjacent to an activating group) is 1. The second kappa shape index (κ2) is 11.3. The molecule has 0 fully saturated rings. The molecule has 6 nitrogen and oxygen atoms in total. The monoisotopic (exact) mass is 431 g/mol. The van der Waals surface area contributed by atoms with Crippen molar-refractivity contribution in [3.05, 3.63) is 38.7 Å². The molecule has 0 spiro atoms. The predicted molar refractivity (Wildman–Crippen MR) is 113 cm³/mol. The standard InChI is InChI=1S/C20H26ClNO5.ClH/c1-5-22(6-2)9-8-14-13(4)15-10-16(21)18(11-17(15)27-20(14)24)26-12-19(23)25-7-3;/h10-11H,5-9,12H2,1-4H3;1H. The van der Waals surface area contributed by atoms with Crippen LogP contribution in [0.25, 0.3) is 11.0 Å². The number of carbonyl (C=O) groups excluding carboxylic acids is 1. The number of esters is 1. The highest BCUT2D eigenvalue weighted by Gasteiger charge is 2.16. The third kappa shape index (κ3) is 5.87. The minimum absolute atomic E-state index is 0. The van der Waals surface area contributed by atoms with Gasteiger partial charge >= 0.3 is 11.6 Å². The lowest BCUT2D eigenvalue weighted by Crippen LogP contribution is -2.27. The smallest absolute Gasteiger partial charge is 0.344 e. The summed E-state index contributed by atoms with van der Waals surface area (Å²) in [5.41, 5.74) is 1.54. The molecule has 0 bridgehead atoms. The predicted octanol–water partition coefficient (Wildman–Crippen LogP) is 4.00. The van der Waals surface area contributed by atoms with Crippen LogP contribution in [0.3, 0.4) is 0 Å². The van der Waals surface area contributed by atoms with Crippen LogP contribution in [0, 0.1) is 6.92 Å². The SMILES string of the molecule is CCOC(=O)COc1cc2oc(=O)c(CCN(CC)CC)c(C)c2cc1Cl.Cl. The summed E-state index contributed by atoms with van der Waals surface area (Å²) in [6.45, 7) is 10.5. The van der Waals surface area contributed by atoms with Gasteiger partial charge in [0.25, 0.3) is 0 Å². The van der Waals surface area contributed by atoms with Crippen molar-refractivity contribution >= 4 is 40.9 Å². The maximum absolute atomic E-state index is 12.5. The molecule has 0 aliphatic carbocycles. The first kappa shape index (κ1) is 24.3. The number of hydrogen-bond donors (Lipinski definition) is 0. The molecule has 0 radical (unpaired) electrons. The van der Waals surface area contributed by atoms with Crippen molar-refractivity contribution in [2.24, 2.45) is 0 Å². The number of benzene rings is 1.